The van der Waals surface area contributed by atoms with Crippen molar-refractivity contribution in [1.29, 1.82) is 0 Å². The molecule has 0 radical (unpaired) electrons. The number of para-hydroxylation sites is 6. The van der Waals surface area contributed by atoms with Crippen molar-refractivity contribution in [3.05, 3.63) is 242 Å². The summed E-state index contributed by atoms with van der Waals surface area (Å²) in [6, 6.07) is 25.3. The van der Waals surface area contributed by atoms with Crippen LogP contribution in [0.4, 0.5) is 0 Å². The third-order valence-corrected chi connectivity index (χ3v) is 12.8. The van der Waals surface area contributed by atoms with Gasteiger partial charge in [0.25, 0.3) is 6.33 Å². The van der Waals surface area contributed by atoms with Crippen LogP contribution < -0.4 is 9.30 Å². The van der Waals surface area contributed by atoms with Gasteiger partial charge in [-0.3, -0.25) is 4.57 Å². The van der Waals surface area contributed by atoms with E-state index in [-0.39, 0.29) is 93.9 Å². The van der Waals surface area contributed by atoms with E-state index >= 15 is 0 Å². The number of hydrogen-bond donors (Lipinski definition) is 0. The van der Waals surface area contributed by atoms with Crippen LogP contribution in [-0.2, 0) is 21.1 Å². The van der Waals surface area contributed by atoms with Crippen molar-refractivity contribution in [1.82, 2.24) is 18.7 Å². The number of ether oxygens (including phenoxy) is 1. The molecule has 4 heterocycles. The maximum absolute atomic E-state index is 9.49. The predicted molar refractivity (Wildman–Crippen MR) is 288 cm³/mol. The van der Waals surface area contributed by atoms with E-state index in [1.165, 1.54) is 27.3 Å². The van der Waals surface area contributed by atoms with E-state index in [1.807, 2.05) is 55.7 Å². The Morgan fingerprint density at radius 1 is 0.583 bits per heavy atom. The van der Waals surface area contributed by atoms with Crippen molar-refractivity contribution >= 4 is 54.6 Å². The van der Waals surface area contributed by atoms with Gasteiger partial charge >= 0.3 is 0 Å². The molecule has 9 aromatic carbocycles. The molecule has 0 aliphatic carbocycles. The van der Waals surface area contributed by atoms with Crippen LogP contribution in [0.2, 0.25) is 0 Å². The van der Waals surface area contributed by atoms with Crippen LogP contribution in [0.3, 0.4) is 0 Å². The summed E-state index contributed by atoms with van der Waals surface area (Å²) in [4.78, 5) is 4.84. The van der Waals surface area contributed by atoms with Crippen molar-refractivity contribution in [2.75, 3.05) is 0 Å². The average Bonchev–Trinajstić information content (AvgIpc) is 1.55. The summed E-state index contributed by atoms with van der Waals surface area (Å²) in [7, 11) is 0. The van der Waals surface area contributed by atoms with Crippen LogP contribution in [0.15, 0.2) is 218 Å². The summed E-state index contributed by atoms with van der Waals surface area (Å²) < 4.78 is 184. The SMILES string of the molecule is [2H]c1c([2H])c([2H])c(-c2cccc(-c3c([2H])c([2H])c([2H])c([2H])c3[2H])c2-[n+]2[c-]n(-c3[c-]c(Oc4[c-]c5c(c(-n6c7c([2H])c([2H])c([2H])c([2H])c7c7c([2H])c([2H])c([2H])c([2H])c76)c4)c4ccccc4n5-c4cc(C([2H])(C)C(C)C)ccn4)ccc3)c3ccccc32)c([2H])c1[2H].[Pt]. The summed E-state index contributed by atoms with van der Waals surface area (Å²) in [6.45, 7) is 5.71. The van der Waals surface area contributed by atoms with E-state index in [0.717, 1.165) is 0 Å². The summed E-state index contributed by atoms with van der Waals surface area (Å²) in [5.41, 5.74) is 2.30. The normalized spacial score (nSPS) is 16.2. The number of nitrogens with zero attached hydrogens (tertiary/aromatic N) is 5. The van der Waals surface area contributed by atoms with E-state index in [2.05, 4.69) is 18.5 Å². The van der Waals surface area contributed by atoms with Crippen LogP contribution in [0.5, 0.6) is 11.5 Å². The molecule has 0 saturated carbocycles. The zero-order valence-corrected chi connectivity index (χ0v) is 40.7. The van der Waals surface area contributed by atoms with E-state index in [0.29, 0.717) is 49.9 Å². The number of hydrogen-bond acceptors (Lipinski definition) is 2. The van der Waals surface area contributed by atoms with Crippen LogP contribution in [-0.4, -0.2) is 18.7 Å². The second kappa shape index (κ2) is 18.5. The van der Waals surface area contributed by atoms with Crippen LogP contribution >= 0.6 is 0 Å². The van der Waals surface area contributed by atoms with Gasteiger partial charge in [-0.1, -0.05) is 189 Å². The summed E-state index contributed by atoms with van der Waals surface area (Å²) in [6.07, 6.45) is 4.97. The van der Waals surface area contributed by atoms with Gasteiger partial charge < -0.3 is 18.4 Å². The first-order chi connectivity index (χ1) is 42.8. The van der Waals surface area contributed by atoms with E-state index < -0.39 is 115 Å². The first kappa shape index (κ1) is 28.5. The Morgan fingerprint density at radius 2 is 1.21 bits per heavy atom. The fourth-order valence-corrected chi connectivity index (χ4v) is 9.32. The fourth-order valence-electron chi connectivity index (χ4n) is 9.32. The third-order valence-electron chi connectivity index (χ3n) is 12.8. The molecule has 1 atom stereocenters. The molecule has 0 amide bonds. The zero-order chi connectivity index (χ0) is 64.2. The van der Waals surface area contributed by atoms with Gasteiger partial charge in [-0.2, -0.15) is 12.1 Å². The molecule has 0 saturated heterocycles. The Labute approximate surface area is 459 Å². The molecule has 6 nitrogen and oxygen atoms in total. The van der Waals surface area contributed by atoms with Crippen molar-refractivity contribution in [2.45, 2.75) is 26.7 Å². The van der Waals surface area contributed by atoms with Crippen molar-refractivity contribution in [3.8, 4) is 56.6 Å². The van der Waals surface area contributed by atoms with Gasteiger partial charge in [0.1, 0.15) is 5.82 Å². The van der Waals surface area contributed by atoms with Crippen LogP contribution in [0.25, 0.3) is 99.8 Å². The number of fused-ring (bicyclic) bond motifs is 7. The molecule has 13 aromatic rings. The molecular weight excluding hydrogens is 1060 g/mol. The molecule has 0 aliphatic heterocycles. The van der Waals surface area contributed by atoms with Gasteiger partial charge in [0, 0.05) is 56.4 Å². The average molecular weight is 1130 g/mol. The molecule has 7 heteroatoms. The van der Waals surface area contributed by atoms with Gasteiger partial charge in [0.15, 0.2) is 0 Å². The summed E-state index contributed by atoms with van der Waals surface area (Å²) in [5.74, 6) is -0.760. The zero-order valence-electron chi connectivity index (χ0n) is 57.4. The summed E-state index contributed by atoms with van der Waals surface area (Å²) in [5, 5.41) is 0.728. The minimum absolute atomic E-state index is 0. The molecule has 0 fully saturated rings. The van der Waals surface area contributed by atoms with Crippen molar-refractivity contribution in [2.24, 2.45) is 5.92 Å². The Balaban J connectivity index is 0.00000800. The smallest absolute Gasteiger partial charge is 0.268 e. The van der Waals surface area contributed by atoms with Gasteiger partial charge in [0.05, 0.1) is 52.4 Å². The maximum atomic E-state index is 9.49. The molecule has 0 aliphatic rings. The first-order valence-electron chi connectivity index (χ1n) is 32.2. The molecule has 13 rings (SSSR count). The van der Waals surface area contributed by atoms with Gasteiger partial charge in [-0.25, -0.2) is 4.98 Å². The largest absolute Gasteiger partial charge is 0.510 e. The number of aromatic nitrogens is 5. The number of pyridine rings is 1. The van der Waals surface area contributed by atoms with Crippen LogP contribution in [0.1, 0.15) is 58.3 Å². The molecule has 1 unspecified atom stereocenters. The first-order valence-corrected chi connectivity index (χ1v) is 22.7. The molecule has 0 N–H and O–H groups in total. The monoisotopic (exact) mass is 1130 g/mol. The molecule has 4 aromatic heterocycles. The number of rotatable bonds is 10. The standard InChI is InChI=1S/C65H47N5O.Pt/c1-43(2)44(3)47-36-37-66-63(38-47)70-58-33-15-12-28-55(58)64-61(69-56-31-13-10-26-53(56)54-27-11-14-32-57(54)69)40-50(41-62(64)70)71-49-25-18-24-48(39-49)67-42-68(60-35-17-16-34-59(60)67)65-51(45-20-6-4-7-21-45)29-19-30-52(65)46-22-8-5-9-23-46;/h4-38,40,43-44H,1-3H3;/q-2;/i4D,5D,6D,7D,8D,9D,10D,11D,13D,14D,20D,21D,22D,23D,26D,27D,31D,32D,44D;. The Morgan fingerprint density at radius 3 is 1.90 bits per heavy atom. The van der Waals surface area contributed by atoms with E-state index in [1.54, 1.807) is 65.4 Å². The molecular formula is C65H47N5OPt-2. The van der Waals surface area contributed by atoms with Gasteiger partial charge in [-0.15, -0.1) is 24.3 Å². The fraction of sp³-hybridized carbons (Fsp3) is 0.0769. The van der Waals surface area contributed by atoms with Gasteiger partial charge in [0.2, 0.25) is 0 Å². The summed E-state index contributed by atoms with van der Waals surface area (Å²) >= 11 is 0. The maximum Gasteiger partial charge on any atom is 0.268 e. The quantitative estimate of drug-likeness (QED) is 0.101. The van der Waals surface area contributed by atoms with Crippen molar-refractivity contribution < 1.29 is 56.4 Å². The van der Waals surface area contributed by atoms with E-state index in [9.17, 15) is 6.85 Å². The Bertz CT molecular complexity index is 5090. The topological polar surface area (TPSA) is 40.8 Å². The number of imidazole rings is 1. The third kappa shape index (κ3) is 7.53. The Kier molecular flexibility index (Phi) is 7.31. The molecule has 0 spiro atoms. The minimum atomic E-state index is -1.07. The minimum Gasteiger partial charge on any atom is -0.510 e. The molecule has 72 heavy (non-hydrogen) atoms. The van der Waals surface area contributed by atoms with E-state index in [4.69, 9.17) is 28.9 Å². The van der Waals surface area contributed by atoms with Gasteiger partial charge in [-0.05, 0) is 86.7 Å². The predicted octanol–water partition coefficient (Wildman–Crippen LogP) is 15.8. The number of benzene rings is 9. The molecule has 0 bridgehead atoms. The van der Waals surface area contributed by atoms with Crippen molar-refractivity contribution in [3.63, 3.8) is 0 Å². The molecule has 350 valence electrons. The second-order valence-electron chi connectivity index (χ2n) is 17.1. The second-order valence-corrected chi connectivity index (χ2v) is 17.1. The Hall–Kier alpha value is -8.31. The van der Waals surface area contributed by atoms with Crippen LogP contribution in [0, 0.1) is 24.4 Å².